The molecule has 0 saturated heterocycles. The van der Waals surface area contributed by atoms with E-state index in [1.54, 1.807) is 30.3 Å². The molecule has 0 heterocycles. The van der Waals surface area contributed by atoms with Crippen molar-refractivity contribution in [3.8, 4) is 0 Å². The summed E-state index contributed by atoms with van der Waals surface area (Å²) in [6.45, 7) is 0. The Morgan fingerprint density at radius 3 is 2.68 bits per heavy atom. The van der Waals surface area contributed by atoms with Gasteiger partial charge in [0.25, 0.3) is 0 Å². The van der Waals surface area contributed by atoms with Crippen molar-refractivity contribution in [1.29, 1.82) is 0 Å². The summed E-state index contributed by atoms with van der Waals surface area (Å²) in [6, 6.07) is 9.64. The first-order valence-electron chi connectivity index (χ1n) is 5.39. The first-order chi connectivity index (χ1) is 8.97. The maximum Gasteiger partial charge on any atom is 0.167 e. The minimum Gasteiger partial charge on any atom is -0.294 e. The van der Waals surface area contributed by atoms with Gasteiger partial charge in [0.05, 0.1) is 5.02 Å². The normalized spacial score (nSPS) is 10.5. The van der Waals surface area contributed by atoms with Crippen LogP contribution in [0.5, 0.6) is 0 Å². The molecule has 0 spiro atoms. The Labute approximate surface area is 137 Å². The Hall–Kier alpha value is -0.460. The number of carbonyl (C=O) groups excluding carboxylic acids is 1. The number of Topliss-reactive ketones (excluding diaryl/α,β-unsaturated/α-hetero) is 1. The molecule has 0 atom stereocenters. The molecule has 2 rings (SSSR count). The van der Waals surface area contributed by atoms with Gasteiger partial charge in [0.1, 0.15) is 5.82 Å². The first-order valence-corrected chi connectivity index (χ1v) is 7.64. The number of halogens is 4. The Bertz CT molecular complexity index is 645. The van der Waals surface area contributed by atoms with E-state index >= 15 is 0 Å². The van der Waals surface area contributed by atoms with Gasteiger partial charge in [-0.05, 0) is 58.5 Å². The van der Waals surface area contributed by atoms with Gasteiger partial charge >= 0.3 is 0 Å². The number of rotatable bonds is 3. The van der Waals surface area contributed by atoms with Crippen molar-refractivity contribution in [1.82, 2.24) is 0 Å². The molecule has 5 heteroatoms. The van der Waals surface area contributed by atoms with Crippen molar-refractivity contribution in [2.24, 2.45) is 0 Å². The van der Waals surface area contributed by atoms with Crippen LogP contribution in [0.15, 0.2) is 40.9 Å². The lowest BCUT2D eigenvalue weighted by atomic mass is 10.0. The van der Waals surface area contributed by atoms with E-state index in [0.717, 1.165) is 8.04 Å². The largest absolute Gasteiger partial charge is 0.294 e. The predicted octanol–water partition coefficient (Wildman–Crippen LogP) is 5.27. The summed E-state index contributed by atoms with van der Waals surface area (Å²) in [5, 5.41) is 0.529. The van der Waals surface area contributed by atoms with Crippen LogP contribution in [0, 0.1) is 9.39 Å². The van der Waals surface area contributed by atoms with Crippen molar-refractivity contribution >= 4 is 55.9 Å². The molecule has 0 bridgehead atoms. The molecule has 2 aromatic rings. The molecule has 19 heavy (non-hydrogen) atoms. The zero-order valence-electron chi connectivity index (χ0n) is 9.59. The molecule has 0 N–H and O–H groups in total. The number of benzene rings is 2. The Kier molecular flexibility index (Phi) is 4.97. The van der Waals surface area contributed by atoms with Crippen LogP contribution in [-0.2, 0) is 6.42 Å². The summed E-state index contributed by atoms with van der Waals surface area (Å²) < 4.78 is 15.2. The van der Waals surface area contributed by atoms with Gasteiger partial charge < -0.3 is 0 Å². The molecule has 2 aromatic carbocycles. The van der Waals surface area contributed by atoms with Crippen LogP contribution >= 0.6 is 50.1 Å². The minimum absolute atomic E-state index is 0.0161. The fourth-order valence-electron chi connectivity index (χ4n) is 1.62. The Morgan fingerprint density at radius 1 is 1.26 bits per heavy atom. The van der Waals surface area contributed by atoms with Crippen molar-refractivity contribution in [2.75, 3.05) is 0 Å². The molecular formula is C14H8BrClFIO. The summed E-state index contributed by atoms with van der Waals surface area (Å²) in [6.07, 6.45) is 0.0161. The number of hydrogen-bond acceptors (Lipinski definition) is 1. The van der Waals surface area contributed by atoms with Crippen LogP contribution in [0.2, 0.25) is 5.02 Å². The van der Waals surface area contributed by atoms with Crippen LogP contribution in [-0.4, -0.2) is 5.78 Å². The summed E-state index contributed by atoms with van der Waals surface area (Å²) >= 11 is 11.3. The highest BCUT2D eigenvalue weighted by molar-refractivity contribution is 14.1. The van der Waals surface area contributed by atoms with Crippen molar-refractivity contribution in [3.05, 3.63) is 66.4 Å². The van der Waals surface area contributed by atoms with Crippen molar-refractivity contribution < 1.29 is 9.18 Å². The molecule has 1 nitrogen and oxygen atoms in total. The fourth-order valence-corrected chi connectivity index (χ4v) is 2.55. The summed E-state index contributed by atoms with van der Waals surface area (Å²) in [4.78, 5) is 12.1. The third-order valence-electron chi connectivity index (χ3n) is 2.60. The molecule has 0 saturated carbocycles. The molecular weight excluding hydrogens is 445 g/mol. The third kappa shape index (κ3) is 3.77. The predicted molar refractivity (Wildman–Crippen MR) is 86.3 cm³/mol. The maximum atomic E-state index is 13.6. The lowest BCUT2D eigenvalue weighted by Gasteiger charge is -2.05. The van der Waals surface area contributed by atoms with Gasteiger partial charge in [0.15, 0.2) is 5.78 Å². The van der Waals surface area contributed by atoms with E-state index in [1.165, 1.54) is 6.07 Å². The molecule has 0 radical (unpaired) electrons. The first kappa shape index (κ1) is 14.9. The van der Waals surface area contributed by atoms with E-state index in [4.69, 9.17) is 11.6 Å². The van der Waals surface area contributed by atoms with E-state index in [2.05, 4.69) is 38.5 Å². The highest BCUT2D eigenvalue weighted by atomic mass is 127. The topological polar surface area (TPSA) is 17.1 Å². The Morgan fingerprint density at radius 2 is 2.00 bits per heavy atom. The average molecular weight is 453 g/mol. The summed E-state index contributed by atoms with van der Waals surface area (Å²) in [5.41, 5.74) is 0.860. The van der Waals surface area contributed by atoms with Crippen LogP contribution in [0.3, 0.4) is 0 Å². The highest BCUT2D eigenvalue weighted by Gasteiger charge is 2.12. The molecule has 0 aliphatic rings. The van der Waals surface area contributed by atoms with Gasteiger partial charge in [0, 0.05) is 20.0 Å². The minimum atomic E-state index is -0.381. The average Bonchev–Trinajstić information content (AvgIpc) is 2.37. The van der Waals surface area contributed by atoms with Crippen LogP contribution in [0.1, 0.15) is 15.9 Å². The molecule has 0 unspecified atom stereocenters. The number of ketones is 1. The van der Waals surface area contributed by atoms with Crippen LogP contribution in [0.4, 0.5) is 4.39 Å². The van der Waals surface area contributed by atoms with Gasteiger partial charge in [-0.2, -0.15) is 0 Å². The van der Waals surface area contributed by atoms with Gasteiger partial charge in [-0.1, -0.05) is 33.6 Å². The van der Waals surface area contributed by atoms with Crippen LogP contribution in [0.25, 0.3) is 0 Å². The van der Waals surface area contributed by atoms with E-state index in [1.807, 2.05) is 0 Å². The SMILES string of the molecule is O=C(Cc1cc(Br)ccc1F)c1ccc(I)c(Cl)c1. The van der Waals surface area contributed by atoms with Gasteiger partial charge in [-0.15, -0.1) is 0 Å². The van der Waals surface area contributed by atoms with E-state index in [-0.39, 0.29) is 18.0 Å². The zero-order valence-corrected chi connectivity index (χ0v) is 14.1. The van der Waals surface area contributed by atoms with Gasteiger partial charge in [0.2, 0.25) is 0 Å². The second kappa shape index (κ2) is 6.33. The second-order valence-electron chi connectivity index (χ2n) is 3.96. The molecule has 0 aliphatic carbocycles. The van der Waals surface area contributed by atoms with E-state index < -0.39 is 0 Å². The Balaban J connectivity index is 2.25. The maximum absolute atomic E-state index is 13.6. The number of hydrogen-bond donors (Lipinski definition) is 0. The quantitative estimate of drug-likeness (QED) is 0.457. The third-order valence-corrected chi connectivity index (χ3v) is 4.67. The molecule has 98 valence electrons. The van der Waals surface area contributed by atoms with Crippen molar-refractivity contribution in [2.45, 2.75) is 6.42 Å². The zero-order chi connectivity index (χ0) is 14.0. The molecule has 0 aliphatic heterocycles. The molecule has 0 fully saturated rings. The molecule has 0 aromatic heterocycles. The van der Waals surface area contributed by atoms with E-state index in [0.29, 0.717) is 16.1 Å². The number of carbonyl (C=O) groups is 1. The summed E-state index contributed by atoms with van der Waals surface area (Å²) in [5.74, 6) is -0.538. The molecule has 0 amide bonds. The smallest absolute Gasteiger partial charge is 0.167 e. The van der Waals surface area contributed by atoms with Crippen LogP contribution < -0.4 is 0 Å². The van der Waals surface area contributed by atoms with Gasteiger partial charge in [-0.25, -0.2) is 4.39 Å². The highest BCUT2D eigenvalue weighted by Crippen LogP contribution is 2.22. The standard InChI is InChI=1S/C14H8BrClFIO/c15-10-2-3-12(17)9(5-10)7-14(19)8-1-4-13(18)11(16)6-8/h1-6H,7H2. The van der Waals surface area contributed by atoms with Gasteiger partial charge in [-0.3, -0.25) is 4.79 Å². The lowest BCUT2D eigenvalue weighted by molar-refractivity contribution is 0.0992. The lowest BCUT2D eigenvalue weighted by Crippen LogP contribution is -2.05. The van der Waals surface area contributed by atoms with E-state index in [9.17, 15) is 9.18 Å². The van der Waals surface area contributed by atoms with Crippen molar-refractivity contribution in [3.63, 3.8) is 0 Å². The summed E-state index contributed by atoms with van der Waals surface area (Å²) in [7, 11) is 0. The monoisotopic (exact) mass is 452 g/mol. The fraction of sp³-hybridized carbons (Fsp3) is 0.0714. The second-order valence-corrected chi connectivity index (χ2v) is 6.45.